The van der Waals surface area contributed by atoms with Crippen molar-refractivity contribution in [2.75, 3.05) is 0 Å². The van der Waals surface area contributed by atoms with Gasteiger partial charge in [0.15, 0.2) is 6.10 Å². The Morgan fingerprint density at radius 3 is 2.80 bits per heavy atom. The van der Waals surface area contributed by atoms with Crippen LogP contribution < -0.4 is 0 Å². The van der Waals surface area contributed by atoms with E-state index in [0.29, 0.717) is 11.4 Å². The third-order valence-corrected chi connectivity index (χ3v) is 2.60. The first-order chi connectivity index (χ1) is 9.58. The van der Waals surface area contributed by atoms with Crippen molar-refractivity contribution in [3.05, 3.63) is 48.0 Å². The van der Waals surface area contributed by atoms with Gasteiger partial charge in [-0.05, 0) is 37.3 Å². The first-order valence-corrected chi connectivity index (χ1v) is 6.04. The topological polar surface area (TPSA) is 44.1 Å². The van der Waals surface area contributed by atoms with Crippen molar-refractivity contribution in [2.45, 2.75) is 19.4 Å². The van der Waals surface area contributed by atoms with E-state index in [2.05, 4.69) is 11.0 Å². The van der Waals surface area contributed by atoms with E-state index in [9.17, 15) is 9.18 Å². The molecule has 0 saturated heterocycles. The van der Waals surface area contributed by atoms with Crippen molar-refractivity contribution >= 4 is 5.97 Å². The highest BCUT2D eigenvalue weighted by Crippen LogP contribution is 2.09. The van der Waals surface area contributed by atoms with Crippen molar-refractivity contribution in [3.8, 4) is 18.0 Å². The quantitative estimate of drug-likeness (QED) is 0.632. The monoisotopic (exact) mass is 272 g/mol. The summed E-state index contributed by atoms with van der Waals surface area (Å²) in [5.41, 5.74) is 1.27. The molecule has 0 fully saturated rings. The van der Waals surface area contributed by atoms with Crippen LogP contribution in [0.4, 0.5) is 4.39 Å². The van der Waals surface area contributed by atoms with E-state index in [1.807, 2.05) is 0 Å². The minimum absolute atomic E-state index is 0.0419. The number of hydrogen-bond acceptors (Lipinski definition) is 3. The van der Waals surface area contributed by atoms with E-state index in [-0.39, 0.29) is 12.2 Å². The molecule has 0 unspecified atom stereocenters. The fourth-order valence-corrected chi connectivity index (χ4v) is 1.61. The van der Waals surface area contributed by atoms with Crippen LogP contribution in [0.25, 0.3) is 5.69 Å². The molecule has 0 aliphatic heterocycles. The third kappa shape index (κ3) is 3.45. The Hall–Kier alpha value is -2.61. The van der Waals surface area contributed by atoms with Gasteiger partial charge in [0.05, 0.1) is 17.8 Å². The highest BCUT2D eigenvalue weighted by atomic mass is 19.1. The van der Waals surface area contributed by atoms with Gasteiger partial charge in [-0.2, -0.15) is 5.10 Å². The van der Waals surface area contributed by atoms with E-state index in [1.165, 1.54) is 12.1 Å². The summed E-state index contributed by atoms with van der Waals surface area (Å²) < 4.78 is 19.4. The van der Waals surface area contributed by atoms with E-state index < -0.39 is 12.1 Å². The second-order valence-electron chi connectivity index (χ2n) is 4.20. The van der Waals surface area contributed by atoms with Crippen LogP contribution >= 0.6 is 0 Å². The molecule has 2 rings (SSSR count). The van der Waals surface area contributed by atoms with Crippen molar-refractivity contribution in [3.63, 3.8) is 0 Å². The van der Waals surface area contributed by atoms with Gasteiger partial charge in [0, 0.05) is 6.20 Å². The molecule has 4 nitrogen and oxygen atoms in total. The van der Waals surface area contributed by atoms with Gasteiger partial charge in [0.2, 0.25) is 0 Å². The van der Waals surface area contributed by atoms with Crippen molar-refractivity contribution in [1.82, 2.24) is 9.78 Å². The number of terminal acetylenes is 1. The zero-order chi connectivity index (χ0) is 14.5. The van der Waals surface area contributed by atoms with Crippen molar-refractivity contribution in [2.24, 2.45) is 0 Å². The largest absolute Gasteiger partial charge is 0.449 e. The molecule has 1 atom stereocenters. The Bertz CT molecular complexity index is 641. The summed E-state index contributed by atoms with van der Waals surface area (Å²) in [7, 11) is 0. The number of carbonyl (C=O) groups is 1. The zero-order valence-corrected chi connectivity index (χ0v) is 10.9. The summed E-state index contributed by atoms with van der Waals surface area (Å²) in [6.07, 6.45) is 6.31. The van der Waals surface area contributed by atoms with Crippen LogP contribution in [0, 0.1) is 18.2 Å². The van der Waals surface area contributed by atoms with E-state index in [0.717, 1.165) is 0 Å². The molecule has 1 aromatic carbocycles. The second-order valence-corrected chi connectivity index (χ2v) is 4.20. The molecule has 0 amide bonds. The highest BCUT2D eigenvalue weighted by Gasteiger charge is 2.10. The summed E-state index contributed by atoms with van der Waals surface area (Å²) in [6, 6.07) is 7.60. The maximum Gasteiger partial charge on any atom is 0.313 e. The third-order valence-electron chi connectivity index (χ3n) is 2.60. The minimum atomic E-state index is -0.554. The number of rotatable bonds is 4. The normalized spacial score (nSPS) is 11.7. The maximum absolute atomic E-state index is 12.8. The molecule has 0 spiro atoms. The SMILES string of the molecule is C#C[C@@H](C)OC(=O)Cc1ccn(-c2ccc(F)cc2)n1. The second kappa shape index (κ2) is 6.02. The van der Waals surface area contributed by atoms with Gasteiger partial charge in [-0.3, -0.25) is 4.79 Å². The smallest absolute Gasteiger partial charge is 0.313 e. The number of nitrogens with zero attached hydrogens (tertiary/aromatic N) is 2. The van der Waals surface area contributed by atoms with E-state index in [1.54, 1.807) is 36.0 Å². The minimum Gasteiger partial charge on any atom is -0.449 e. The molecule has 1 heterocycles. The van der Waals surface area contributed by atoms with E-state index in [4.69, 9.17) is 11.2 Å². The van der Waals surface area contributed by atoms with Crippen LogP contribution in [-0.4, -0.2) is 21.9 Å². The first-order valence-electron chi connectivity index (χ1n) is 6.04. The molecule has 2 aromatic rings. The lowest BCUT2D eigenvalue weighted by atomic mass is 10.3. The first kappa shape index (κ1) is 13.8. The van der Waals surface area contributed by atoms with Gasteiger partial charge in [-0.15, -0.1) is 6.42 Å². The Morgan fingerprint density at radius 2 is 2.15 bits per heavy atom. The Balaban J connectivity index is 2.04. The van der Waals surface area contributed by atoms with Crippen LogP contribution in [0.5, 0.6) is 0 Å². The number of aromatic nitrogens is 2. The van der Waals surface area contributed by atoms with Crippen molar-refractivity contribution in [1.29, 1.82) is 0 Å². The number of esters is 1. The van der Waals surface area contributed by atoms with Gasteiger partial charge in [0.25, 0.3) is 0 Å². The summed E-state index contributed by atoms with van der Waals surface area (Å²) in [5.74, 6) is 1.57. The molecule has 5 heteroatoms. The van der Waals surface area contributed by atoms with Gasteiger partial charge in [-0.1, -0.05) is 5.92 Å². The van der Waals surface area contributed by atoms with Crippen molar-refractivity contribution < 1.29 is 13.9 Å². The van der Waals surface area contributed by atoms with Gasteiger partial charge in [0.1, 0.15) is 5.82 Å². The number of hydrogen-bond donors (Lipinski definition) is 0. The molecule has 1 aromatic heterocycles. The number of ether oxygens (including phenoxy) is 1. The average molecular weight is 272 g/mol. The Labute approximate surface area is 116 Å². The Kier molecular flexibility index (Phi) is 4.16. The molecule has 102 valence electrons. The Morgan fingerprint density at radius 1 is 1.45 bits per heavy atom. The van der Waals surface area contributed by atoms with Crippen LogP contribution in [0.15, 0.2) is 36.5 Å². The molecular formula is C15H13FN2O2. The standard InChI is InChI=1S/C15H13FN2O2/c1-3-11(2)20-15(19)10-13-8-9-18(17-13)14-6-4-12(16)5-7-14/h1,4-9,11H,10H2,2H3/t11-/m1/s1. The lowest BCUT2D eigenvalue weighted by Crippen LogP contribution is -2.15. The number of carbonyl (C=O) groups excluding carboxylic acids is 1. The fraction of sp³-hybridized carbons (Fsp3) is 0.200. The van der Waals surface area contributed by atoms with Crippen LogP contribution in [0.1, 0.15) is 12.6 Å². The molecular weight excluding hydrogens is 259 g/mol. The van der Waals surface area contributed by atoms with Gasteiger partial charge in [-0.25, -0.2) is 9.07 Å². The molecule has 0 saturated carbocycles. The highest BCUT2D eigenvalue weighted by molar-refractivity contribution is 5.72. The molecule has 0 radical (unpaired) electrons. The van der Waals surface area contributed by atoms with Crippen LogP contribution in [0.2, 0.25) is 0 Å². The molecule has 20 heavy (non-hydrogen) atoms. The number of halogens is 1. The number of benzene rings is 1. The molecule has 0 aliphatic carbocycles. The lowest BCUT2D eigenvalue weighted by Gasteiger charge is -2.05. The molecule has 0 aliphatic rings. The summed E-state index contributed by atoms with van der Waals surface area (Å²) >= 11 is 0. The predicted molar refractivity (Wildman–Crippen MR) is 71.6 cm³/mol. The van der Waals surface area contributed by atoms with Crippen LogP contribution in [-0.2, 0) is 16.0 Å². The average Bonchev–Trinajstić information content (AvgIpc) is 2.87. The molecule has 0 bridgehead atoms. The maximum atomic E-state index is 12.8. The van der Waals surface area contributed by atoms with Crippen LogP contribution in [0.3, 0.4) is 0 Å². The summed E-state index contributed by atoms with van der Waals surface area (Å²) in [5, 5.41) is 4.22. The summed E-state index contributed by atoms with van der Waals surface area (Å²) in [4.78, 5) is 11.6. The summed E-state index contributed by atoms with van der Waals surface area (Å²) in [6.45, 7) is 1.62. The van der Waals surface area contributed by atoms with Gasteiger partial charge < -0.3 is 4.74 Å². The zero-order valence-electron chi connectivity index (χ0n) is 10.9. The molecule has 0 N–H and O–H groups in total. The lowest BCUT2D eigenvalue weighted by molar-refractivity contribution is -0.145. The fourth-order valence-electron chi connectivity index (χ4n) is 1.61. The van der Waals surface area contributed by atoms with E-state index >= 15 is 0 Å². The van der Waals surface area contributed by atoms with Gasteiger partial charge >= 0.3 is 5.97 Å². The predicted octanol–water partition coefficient (Wildman–Crippen LogP) is 2.12.